The first kappa shape index (κ1) is 31.0. The van der Waals surface area contributed by atoms with Gasteiger partial charge in [0.05, 0.1) is 0 Å². The minimum atomic E-state index is -5.51. The van der Waals surface area contributed by atoms with E-state index in [1.54, 1.807) is 19.1 Å². The highest BCUT2D eigenvalue weighted by atomic mass is 19.4. The van der Waals surface area contributed by atoms with Gasteiger partial charge in [-0.25, -0.2) is 8.78 Å². The highest BCUT2D eigenvalue weighted by molar-refractivity contribution is 5.69. The number of hydrogen-bond donors (Lipinski definition) is 1. The Labute approximate surface area is 231 Å². The average molecular weight is 561 g/mol. The van der Waals surface area contributed by atoms with Crippen molar-refractivity contribution in [1.29, 1.82) is 0 Å². The summed E-state index contributed by atoms with van der Waals surface area (Å²) >= 11 is 0. The number of aryl methyl sites for hydroxylation is 2. The van der Waals surface area contributed by atoms with Gasteiger partial charge in [0.15, 0.2) is 0 Å². The highest BCUT2D eigenvalue weighted by Crippen LogP contribution is 2.42. The molecule has 0 saturated heterocycles. The monoisotopic (exact) mass is 560 g/mol. The zero-order valence-corrected chi connectivity index (χ0v) is 22.9. The molecular formula is C32H33F5O3. The van der Waals surface area contributed by atoms with E-state index in [2.05, 4.69) is 32.0 Å². The second-order valence-corrected chi connectivity index (χ2v) is 9.96. The predicted molar refractivity (Wildman–Crippen MR) is 146 cm³/mol. The molecule has 1 atom stereocenters. The second-order valence-electron chi connectivity index (χ2n) is 9.96. The predicted octanol–water partition coefficient (Wildman–Crippen LogP) is 8.32. The summed E-state index contributed by atoms with van der Waals surface area (Å²) in [5.41, 5.74) is 2.25. The molecule has 3 aromatic carbocycles. The maximum absolute atomic E-state index is 13.1. The van der Waals surface area contributed by atoms with Crippen LogP contribution in [0.5, 0.6) is 0 Å². The lowest BCUT2D eigenvalue weighted by molar-refractivity contribution is -0.276. The molecule has 0 aromatic heterocycles. The first-order valence-corrected chi connectivity index (χ1v) is 13.0. The fourth-order valence-corrected chi connectivity index (χ4v) is 5.15. The van der Waals surface area contributed by atoms with Crippen LogP contribution in [0.3, 0.4) is 0 Å². The summed E-state index contributed by atoms with van der Waals surface area (Å²) < 4.78 is 70.3. The normalized spacial score (nSPS) is 14.0. The number of rotatable bonds is 11. The van der Waals surface area contributed by atoms with Gasteiger partial charge < -0.3 is 9.84 Å². The van der Waals surface area contributed by atoms with E-state index in [9.17, 15) is 31.9 Å². The van der Waals surface area contributed by atoms with E-state index in [4.69, 9.17) is 4.74 Å². The largest absolute Gasteiger partial charge is 0.463 e. The second kappa shape index (κ2) is 12.3. The maximum atomic E-state index is 13.1. The first-order valence-electron chi connectivity index (χ1n) is 13.0. The molecule has 214 valence electrons. The molecule has 0 saturated carbocycles. The van der Waals surface area contributed by atoms with Crippen LogP contribution in [-0.2, 0) is 21.6 Å². The Morgan fingerprint density at radius 1 is 0.900 bits per heavy atom. The smallest absolute Gasteiger partial charge is 0.426 e. The molecule has 0 aliphatic carbocycles. The van der Waals surface area contributed by atoms with Gasteiger partial charge in [0, 0.05) is 5.41 Å². The summed E-state index contributed by atoms with van der Waals surface area (Å²) in [7, 11) is 0. The molecule has 8 heteroatoms. The quantitative estimate of drug-likeness (QED) is 0.190. The van der Waals surface area contributed by atoms with Crippen LogP contribution < -0.4 is 0 Å². The zero-order chi connectivity index (χ0) is 29.7. The molecule has 0 bridgehead atoms. The summed E-state index contributed by atoms with van der Waals surface area (Å²) in [5.74, 6) is 0. The Morgan fingerprint density at radius 2 is 1.52 bits per heavy atom. The van der Waals surface area contributed by atoms with Crippen LogP contribution in [0.15, 0.2) is 66.7 Å². The fraction of sp³-hybridized carbons (Fsp3) is 0.344. The van der Waals surface area contributed by atoms with Crippen molar-refractivity contribution in [3.63, 3.8) is 0 Å². The molecule has 0 amide bonds. The van der Waals surface area contributed by atoms with Crippen molar-refractivity contribution in [2.24, 2.45) is 0 Å². The molecule has 40 heavy (non-hydrogen) atoms. The first-order chi connectivity index (χ1) is 18.8. The van der Waals surface area contributed by atoms with Crippen molar-refractivity contribution in [1.82, 2.24) is 0 Å². The molecule has 3 nitrogen and oxygen atoms in total. The summed E-state index contributed by atoms with van der Waals surface area (Å²) in [6, 6.07) is 19.3. The lowest BCUT2D eigenvalue weighted by Crippen LogP contribution is -2.49. The Balaban J connectivity index is 2.00. The number of halogens is 5. The van der Waals surface area contributed by atoms with E-state index in [0.717, 1.165) is 52.3 Å². The molecule has 1 N–H and O–H groups in total. The molecule has 0 heterocycles. The van der Waals surface area contributed by atoms with Gasteiger partial charge >= 0.3 is 6.18 Å². The van der Waals surface area contributed by atoms with Crippen molar-refractivity contribution in [2.75, 3.05) is 0 Å². The number of alkyl halides is 5. The van der Waals surface area contributed by atoms with Crippen molar-refractivity contribution >= 4 is 12.5 Å². The van der Waals surface area contributed by atoms with Crippen LogP contribution >= 0.6 is 0 Å². The van der Waals surface area contributed by atoms with E-state index < -0.39 is 23.6 Å². The van der Waals surface area contributed by atoms with Gasteiger partial charge in [-0.3, -0.25) is 4.79 Å². The van der Waals surface area contributed by atoms with E-state index in [0.29, 0.717) is 17.6 Å². The molecular weight excluding hydrogens is 527 g/mol. The number of carbonyl (C=O) groups excluding carboxylic acids is 1. The van der Waals surface area contributed by atoms with E-state index >= 15 is 0 Å². The van der Waals surface area contributed by atoms with Crippen LogP contribution in [0.4, 0.5) is 22.0 Å². The number of benzene rings is 3. The molecule has 0 spiro atoms. The summed E-state index contributed by atoms with van der Waals surface area (Å²) in [6.07, 6.45) is -7.03. The molecule has 0 aliphatic rings. The summed E-state index contributed by atoms with van der Waals surface area (Å²) in [4.78, 5) is 10.6. The van der Waals surface area contributed by atoms with Crippen molar-refractivity contribution in [3.05, 3.63) is 100 Å². The lowest BCUT2D eigenvalue weighted by Gasteiger charge is -2.34. The zero-order valence-electron chi connectivity index (χ0n) is 22.9. The third-order valence-electron chi connectivity index (χ3n) is 7.67. The topological polar surface area (TPSA) is 46.5 Å². The number of ether oxygens (including phenoxy) is 1. The molecule has 0 aliphatic heterocycles. The molecule has 3 aromatic rings. The van der Waals surface area contributed by atoms with Crippen LogP contribution in [-0.4, -0.2) is 29.8 Å². The lowest BCUT2D eigenvalue weighted by atomic mass is 9.69. The standard InChI is InChI=1S/C32H33F5O3/c1-5-30(6-2,26-11-10-24(21(3)16-26)14-15-31(39,29(33)34)32(35,36)37)27-12-13-28(22(4)17-27)25-9-7-8-23(18-25)19-40-20-38/h7-18,20,29,39H,5-6,19H2,1-4H3. The van der Waals surface area contributed by atoms with Crippen LogP contribution in [0.25, 0.3) is 17.2 Å². The Morgan fingerprint density at radius 3 is 2.05 bits per heavy atom. The van der Waals surface area contributed by atoms with E-state index in [1.165, 1.54) is 0 Å². The SMILES string of the molecule is CCC(CC)(c1ccc(C=CC(O)(C(F)F)C(F)(F)F)c(C)c1)c1ccc(-c2cccc(COC=O)c2)c(C)c1. The van der Waals surface area contributed by atoms with Gasteiger partial charge in [-0.05, 0) is 83.3 Å². The molecule has 0 radical (unpaired) electrons. The van der Waals surface area contributed by atoms with Gasteiger partial charge in [0.2, 0.25) is 5.60 Å². The van der Waals surface area contributed by atoms with Crippen LogP contribution in [0, 0.1) is 13.8 Å². The van der Waals surface area contributed by atoms with Gasteiger partial charge in [0.25, 0.3) is 12.9 Å². The Bertz CT molecular complexity index is 1360. The minimum Gasteiger partial charge on any atom is -0.463 e. The van der Waals surface area contributed by atoms with E-state index in [1.807, 2.05) is 37.3 Å². The van der Waals surface area contributed by atoms with Gasteiger partial charge in [-0.2, -0.15) is 13.2 Å². The van der Waals surface area contributed by atoms with Gasteiger partial charge in [0.1, 0.15) is 6.61 Å². The summed E-state index contributed by atoms with van der Waals surface area (Å²) in [6.45, 7) is 8.46. The number of hydrogen-bond acceptors (Lipinski definition) is 3. The Kier molecular flexibility index (Phi) is 9.56. The number of aliphatic hydroxyl groups is 1. The summed E-state index contributed by atoms with van der Waals surface area (Å²) in [5, 5.41) is 9.59. The molecule has 1 unspecified atom stereocenters. The Hall–Kier alpha value is -3.52. The number of carbonyl (C=O) groups is 1. The van der Waals surface area contributed by atoms with Crippen LogP contribution in [0.1, 0.15) is 60.1 Å². The van der Waals surface area contributed by atoms with E-state index in [-0.39, 0.29) is 12.7 Å². The van der Waals surface area contributed by atoms with Gasteiger partial charge in [-0.15, -0.1) is 0 Å². The maximum Gasteiger partial charge on any atom is 0.426 e. The third kappa shape index (κ3) is 6.12. The average Bonchev–Trinajstić information content (AvgIpc) is 2.91. The third-order valence-corrected chi connectivity index (χ3v) is 7.67. The van der Waals surface area contributed by atoms with Crippen molar-refractivity contribution < 1.29 is 36.6 Å². The minimum absolute atomic E-state index is 0.120. The van der Waals surface area contributed by atoms with Gasteiger partial charge in [-0.1, -0.05) is 74.5 Å². The van der Waals surface area contributed by atoms with Crippen molar-refractivity contribution in [3.8, 4) is 11.1 Å². The molecule has 3 rings (SSSR count). The molecule has 0 fully saturated rings. The highest BCUT2D eigenvalue weighted by Gasteiger charge is 2.58. The fourth-order valence-electron chi connectivity index (χ4n) is 5.15. The van der Waals surface area contributed by atoms with Crippen LogP contribution in [0.2, 0.25) is 0 Å². The van der Waals surface area contributed by atoms with Crippen molar-refractivity contribution in [2.45, 2.75) is 70.8 Å².